The van der Waals surface area contributed by atoms with Crippen LogP contribution in [0.5, 0.6) is 0 Å². The first-order chi connectivity index (χ1) is 26.0. The number of benzene rings is 2. The molecule has 0 saturated heterocycles. The minimum absolute atomic E-state index is 0.115. The molecular weight excluding hydrogens is 688 g/mol. The highest BCUT2D eigenvalue weighted by Crippen LogP contribution is 2.34. The molecule has 0 spiro atoms. The van der Waals surface area contributed by atoms with Crippen molar-refractivity contribution >= 4 is 41.2 Å². The molecule has 5 rings (SSSR count). The molecule has 4 atom stereocenters. The topological polar surface area (TPSA) is 206 Å². The van der Waals surface area contributed by atoms with Crippen LogP contribution in [0.2, 0.25) is 0 Å². The van der Waals surface area contributed by atoms with Gasteiger partial charge >= 0.3 is 0 Å². The van der Waals surface area contributed by atoms with Gasteiger partial charge in [-0.1, -0.05) is 99.5 Å². The van der Waals surface area contributed by atoms with Crippen LogP contribution in [-0.2, 0) is 35.2 Å². The molecule has 13 heteroatoms. The summed E-state index contributed by atoms with van der Waals surface area (Å²) in [6, 6.07) is 11.9. The largest absolute Gasteiger partial charge is 0.368 e. The van der Waals surface area contributed by atoms with E-state index in [1.54, 1.807) is 48.5 Å². The highest BCUT2D eigenvalue weighted by molar-refractivity contribution is 6.09. The molecule has 3 unspecified atom stereocenters. The maximum Gasteiger partial charge on any atom is 0.244 e. The van der Waals surface area contributed by atoms with Gasteiger partial charge in [-0.3, -0.25) is 33.6 Å². The smallest absolute Gasteiger partial charge is 0.244 e. The number of hydrogen-bond acceptors (Lipinski definition) is 7. The van der Waals surface area contributed by atoms with E-state index in [2.05, 4.69) is 26.6 Å². The molecule has 0 radical (unpaired) electrons. The Bertz CT molecular complexity index is 1680. The molecule has 2 saturated carbocycles. The molecule has 0 bridgehead atoms. The van der Waals surface area contributed by atoms with Crippen molar-refractivity contribution in [3.05, 3.63) is 83.4 Å². The molecule has 13 nitrogen and oxygen atoms in total. The average molecular weight is 741 g/mol. The summed E-state index contributed by atoms with van der Waals surface area (Å²) in [7, 11) is 0. The first-order valence-electron chi connectivity index (χ1n) is 19.2. The lowest BCUT2D eigenvalue weighted by atomic mass is 9.84. The fraction of sp³-hybridized carbons (Fsp3) is 0.488. The zero-order valence-electron chi connectivity index (χ0n) is 30.6. The van der Waals surface area contributed by atoms with Gasteiger partial charge in [0.15, 0.2) is 5.78 Å². The molecule has 1 heterocycles. The summed E-state index contributed by atoms with van der Waals surface area (Å²) in [5.74, 6) is -3.26. The van der Waals surface area contributed by atoms with Gasteiger partial charge in [0, 0.05) is 36.2 Å². The van der Waals surface area contributed by atoms with E-state index in [0.717, 1.165) is 57.1 Å². The molecule has 2 aliphatic carbocycles. The zero-order valence-corrected chi connectivity index (χ0v) is 30.6. The molecule has 2 aromatic carbocycles. The molecule has 2 fully saturated rings. The van der Waals surface area contributed by atoms with E-state index >= 15 is 0 Å². The molecule has 2 aromatic rings. The molecule has 54 heavy (non-hydrogen) atoms. The van der Waals surface area contributed by atoms with Gasteiger partial charge in [-0.25, -0.2) is 0 Å². The van der Waals surface area contributed by atoms with Crippen molar-refractivity contribution < 1.29 is 33.6 Å². The Morgan fingerprint density at radius 2 is 1.13 bits per heavy atom. The number of nitrogens with one attached hydrogen (secondary N) is 5. The van der Waals surface area contributed by atoms with Gasteiger partial charge in [0.2, 0.25) is 35.4 Å². The molecule has 7 N–H and O–H groups in total. The Morgan fingerprint density at radius 1 is 0.574 bits per heavy atom. The molecule has 1 aliphatic heterocycles. The van der Waals surface area contributed by atoms with E-state index in [9.17, 15) is 33.6 Å². The van der Waals surface area contributed by atoms with E-state index in [1.165, 1.54) is 0 Å². The fourth-order valence-corrected chi connectivity index (χ4v) is 7.13. The highest BCUT2D eigenvalue weighted by Gasteiger charge is 2.34. The number of amides is 6. The van der Waals surface area contributed by atoms with Crippen molar-refractivity contribution in [2.45, 2.75) is 108 Å². The summed E-state index contributed by atoms with van der Waals surface area (Å²) in [5.41, 5.74) is 7.27. The molecule has 0 aromatic heterocycles. The number of carbonyl (C=O) groups excluding carboxylic acids is 7. The van der Waals surface area contributed by atoms with Gasteiger partial charge in [0.1, 0.15) is 24.2 Å². The second-order valence-electron chi connectivity index (χ2n) is 14.8. The summed E-state index contributed by atoms with van der Waals surface area (Å²) >= 11 is 0. The molecular formula is C41H52N6O7. The van der Waals surface area contributed by atoms with E-state index in [0.29, 0.717) is 42.4 Å². The maximum atomic E-state index is 14.2. The second-order valence-corrected chi connectivity index (χ2v) is 14.8. The Morgan fingerprint density at radius 3 is 1.76 bits per heavy atom. The minimum Gasteiger partial charge on any atom is -0.368 e. The quantitative estimate of drug-likeness (QED) is 0.212. The summed E-state index contributed by atoms with van der Waals surface area (Å²) in [4.78, 5) is 92.3. The number of ketones is 1. The first-order valence-corrected chi connectivity index (χ1v) is 19.2. The molecule has 3 aliphatic rings. The number of rotatable bonds is 9. The van der Waals surface area contributed by atoms with Crippen molar-refractivity contribution in [1.29, 1.82) is 0 Å². The standard InChI is InChI=1S/C41H52N6O7/c42-38(51)31-13-7-8-22-43-39(52)32(24-28-16-18-30(19-17-28)37(50)29-11-5-2-6-12-29)46-41(54)34(23-26-9-3-1-4-10-26)47-40(53)33(25-27-14-15-27)45-36(49)21-20-35(48)44-31/h2,5-6,11-12,16-21,26-27,31-34H,1,3-4,7-10,13-15,22-25H2,(H2,42,51)(H,43,52)(H,44,48)(H,45,49)(H,46,54)(H,47,53)/b21-20+/t31?,32?,33-,34?/m0/s1. The van der Waals surface area contributed by atoms with E-state index in [1.807, 2.05) is 6.07 Å². The fourth-order valence-electron chi connectivity index (χ4n) is 7.13. The van der Waals surface area contributed by atoms with Crippen LogP contribution in [0.4, 0.5) is 0 Å². The zero-order chi connectivity index (χ0) is 38.5. The summed E-state index contributed by atoms with van der Waals surface area (Å²) in [6.45, 7) is 0.223. The van der Waals surface area contributed by atoms with Crippen LogP contribution in [0.3, 0.4) is 0 Å². The average Bonchev–Trinajstić information content (AvgIpc) is 4.00. The Balaban J connectivity index is 1.39. The lowest BCUT2D eigenvalue weighted by Gasteiger charge is -2.29. The molecule has 288 valence electrons. The third kappa shape index (κ3) is 12.4. The number of primary amides is 1. The number of nitrogens with two attached hydrogens (primary N) is 1. The van der Waals surface area contributed by atoms with Crippen LogP contribution in [0, 0.1) is 11.8 Å². The second kappa shape index (κ2) is 19.7. The van der Waals surface area contributed by atoms with Crippen LogP contribution >= 0.6 is 0 Å². The Labute approximate surface area is 316 Å². The van der Waals surface area contributed by atoms with E-state index in [4.69, 9.17) is 5.73 Å². The van der Waals surface area contributed by atoms with Gasteiger partial charge in [-0.05, 0) is 49.5 Å². The normalized spacial score (nSPS) is 24.9. The van der Waals surface area contributed by atoms with E-state index < -0.39 is 59.6 Å². The predicted molar refractivity (Wildman–Crippen MR) is 201 cm³/mol. The molecule has 6 amide bonds. The van der Waals surface area contributed by atoms with Gasteiger partial charge in [-0.15, -0.1) is 0 Å². The van der Waals surface area contributed by atoms with Gasteiger partial charge in [-0.2, -0.15) is 0 Å². The summed E-state index contributed by atoms with van der Waals surface area (Å²) in [6.07, 6.45) is 10.8. The SMILES string of the molecule is NC(=O)C1CCCCNC(=O)C(Cc2ccc(C(=O)c3ccccc3)cc2)NC(=O)C(CC2CCCCC2)NC(=O)[C@H](CC2CC2)NC(=O)/C=C/C(=O)N1. The van der Waals surface area contributed by atoms with Crippen LogP contribution in [0.1, 0.15) is 98.5 Å². The van der Waals surface area contributed by atoms with Crippen LogP contribution in [-0.4, -0.2) is 71.9 Å². The van der Waals surface area contributed by atoms with Crippen LogP contribution in [0.15, 0.2) is 66.7 Å². The summed E-state index contributed by atoms with van der Waals surface area (Å²) in [5, 5.41) is 13.9. The van der Waals surface area contributed by atoms with Gasteiger partial charge in [0.05, 0.1) is 0 Å². The Hall–Kier alpha value is -5.33. The van der Waals surface area contributed by atoms with Crippen molar-refractivity contribution in [1.82, 2.24) is 26.6 Å². The third-order valence-electron chi connectivity index (χ3n) is 10.4. The van der Waals surface area contributed by atoms with Crippen molar-refractivity contribution in [2.24, 2.45) is 17.6 Å². The Kier molecular flexibility index (Phi) is 14.5. The number of hydrogen-bond donors (Lipinski definition) is 6. The van der Waals surface area contributed by atoms with Crippen molar-refractivity contribution in [3.8, 4) is 0 Å². The first kappa shape index (κ1) is 39.9. The maximum absolute atomic E-state index is 14.2. The lowest BCUT2D eigenvalue weighted by molar-refractivity contribution is -0.133. The van der Waals surface area contributed by atoms with Gasteiger partial charge < -0.3 is 32.3 Å². The predicted octanol–water partition coefficient (Wildman–Crippen LogP) is 2.51. The highest BCUT2D eigenvalue weighted by atomic mass is 16.2. The third-order valence-corrected chi connectivity index (χ3v) is 10.4. The van der Waals surface area contributed by atoms with E-state index in [-0.39, 0.29) is 37.0 Å². The minimum atomic E-state index is -1.02. The summed E-state index contributed by atoms with van der Waals surface area (Å²) < 4.78 is 0. The monoisotopic (exact) mass is 740 g/mol. The van der Waals surface area contributed by atoms with Crippen LogP contribution in [0.25, 0.3) is 0 Å². The van der Waals surface area contributed by atoms with Crippen molar-refractivity contribution in [3.63, 3.8) is 0 Å². The van der Waals surface area contributed by atoms with Crippen LogP contribution < -0.4 is 32.3 Å². The van der Waals surface area contributed by atoms with Crippen molar-refractivity contribution in [2.75, 3.05) is 6.54 Å². The number of carbonyl (C=O) groups is 7. The lowest BCUT2D eigenvalue weighted by Crippen LogP contribution is -2.57. The van der Waals surface area contributed by atoms with Gasteiger partial charge in [0.25, 0.3) is 0 Å².